The zero-order chi connectivity index (χ0) is 14.7. The second kappa shape index (κ2) is 5.76. The molecule has 3 aromatic rings. The minimum absolute atomic E-state index is 0.103. The molecular weight excluding hydrogens is 290 g/mol. The van der Waals surface area contributed by atoms with Gasteiger partial charge in [-0.05, 0) is 30.3 Å². The Hall–Kier alpha value is -2.66. The van der Waals surface area contributed by atoms with E-state index in [4.69, 9.17) is 16.0 Å². The number of aromatic nitrogens is 2. The highest BCUT2D eigenvalue weighted by molar-refractivity contribution is 6.30. The van der Waals surface area contributed by atoms with Gasteiger partial charge >= 0.3 is 11.8 Å². The monoisotopic (exact) mass is 299 g/mol. The second-order valence-electron chi connectivity index (χ2n) is 4.24. The molecule has 3 rings (SSSR count). The van der Waals surface area contributed by atoms with Gasteiger partial charge in [-0.1, -0.05) is 35.9 Å². The third-order valence-electron chi connectivity index (χ3n) is 2.72. The first-order valence-corrected chi connectivity index (χ1v) is 6.56. The Morgan fingerprint density at radius 2 is 1.86 bits per heavy atom. The molecule has 104 valence electrons. The molecule has 0 unspecified atom stereocenters. The van der Waals surface area contributed by atoms with Crippen LogP contribution in [0, 0.1) is 0 Å². The second-order valence-corrected chi connectivity index (χ2v) is 4.68. The van der Waals surface area contributed by atoms with Crippen molar-refractivity contribution < 1.29 is 9.21 Å². The number of rotatable bonds is 3. The number of benzene rings is 2. The zero-order valence-electron chi connectivity index (χ0n) is 10.8. The first-order valence-electron chi connectivity index (χ1n) is 6.18. The molecule has 5 nitrogen and oxygen atoms in total. The quantitative estimate of drug-likeness (QED) is 0.801. The molecule has 6 heteroatoms. The van der Waals surface area contributed by atoms with Gasteiger partial charge in [0.25, 0.3) is 0 Å². The van der Waals surface area contributed by atoms with Gasteiger partial charge in [0.05, 0.1) is 0 Å². The Kier molecular flexibility index (Phi) is 3.66. The van der Waals surface area contributed by atoms with Gasteiger partial charge < -0.3 is 9.73 Å². The Labute approximate surface area is 125 Å². The largest absolute Gasteiger partial charge is 0.412 e. The Bertz CT molecular complexity index is 771. The van der Waals surface area contributed by atoms with Gasteiger partial charge in [0.15, 0.2) is 0 Å². The van der Waals surface area contributed by atoms with Crippen LogP contribution in [0.25, 0.3) is 11.5 Å². The number of carbonyl (C=O) groups is 1. The number of nitrogens with one attached hydrogen (secondary N) is 1. The SMILES string of the molecule is O=C(Nc1cccc(Cl)c1)c1nnc(-c2ccccc2)o1. The average Bonchev–Trinajstić information content (AvgIpc) is 2.98. The average molecular weight is 300 g/mol. The molecule has 0 atom stereocenters. The smallest absolute Gasteiger partial charge is 0.313 e. The van der Waals surface area contributed by atoms with Gasteiger partial charge in [-0.15, -0.1) is 10.2 Å². The maximum Gasteiger partial charge on any atom is 0.313 e. The summed E-state index contributed by atoms with van der Waals surface area (Å²) in [4.78, 5) is 12.0. The van der Waals surface area contributed by atoms with E-state index in [-0.39, 0.29) is 5.89 Å². The van der Waals surface area contributed by atoms with Gasteiger partial charge in [-0.2, -0.15) is 0 Å². The van der Waals surface area contributed by atoms with Crippen LogP contribution in [0.2, 0.25) is 5.02 Å². The molecule has 0 saturated carbocycles. The van der Waals surface area contributed by atoms with E-state index in [1.807, 2.05) is 30.3 Å². The highest BCUT2D eigenvalue weighted by Crippen LogP contribution is 2.19. The summed E-state index contributed by atoms with van der Waals surface area (Å²) in [6.07, 6.45) is 0. The number of nitrogens with zero attached hydrogens (tertiary/aromatic N) is 2. The molecule has 21 heavy (non-hydrogen) atoms. The highest BCUT2D eigenvalue weighted by atomic mass is 35.5. The fraction of sp³-hybridized carbons (Fsp3) is 0. The maximum atomic E-state index is 12.0. The predicted molar refractivity (Wildman–Crippen MR) is 79.1 cm³/mol. The molecule has 2 aromatic carbocycles. The molecule has 1 heterocycles. The molecule has 0 radical (unpaired) electrons. The summed E-state index contributed by atoms with van der Waals surface area (Å²) in [5.41, 5.74) is 1.32. The Balaban J connectivity index is 1.78. The lowest BCUT2D eigenvalue weighted by molar-refractivity contribution is 0.0991. The normalized spacial score (nSPS) is 10.3. The van der Waals surface area contributed by atoms with E-state index in [1.54, 1.807) is 24.3 Å². The van der Waals surface area contributed by atoms with Crippen LogP contribution in [0.1, 0.15) is 10.7 Å². The van der Waals surface area contributed by atoms with Gasteiger partial charge in [0.2, 0.25) is 5.89 Å². The number of hydrogen-bond acceptors (Lipinski definition) is 4. The van der Waals surface area contributed by atoms with Crippen molar-refractivity contribution >= 4 is 23.2 Å². The first-order chi connectivity index (χ1) is 10.2. The van der Waals surface area contributed by atoms with Gasteiger partial charge in [0.1, 0.15) is 0 Å². The molecule has 0 aliphatic heterocycles. The summed E-state index contributed by atoms with van der Waals surface area (Å²) < 4.78 is 5.37. The van der Waals surface area contributed by atoms with E-state index < -0.39 is 5.91 Å². The third-order valence-corrected chi connectivity index (χ3v) is 2.96. The molecule has 0 aliphatic rings. The van der Waals surface area contributed by atoms with Crippen molar-refractivity contribution in [2.75, 3.05) is 5.32 Å². The van der Waals surface area contributed by atoms with Crippen molar-refractivity contribution in [3.05, 3.63) is 65.5 Å². The topological polar surface area (TPSA) is 68.0 Å². The highest BCUT2D eigenvalue weighted by Gasteiger charge is 2.15. The summed E-state index contributed by atoms with van der Waals surface area (Å²) >= 11 is 5.86. The van der Waals surface area contributed by atoms with Crippen molar-refractivity contribution in [3.8, 4) is 11.5 Å². The van der Waals surface area contributed by atoms with Crippen molar-refractivity contribution in [2.24, 2.45) is 0 Å². The Morgan fingerprint density at radius 3 is 2.62 bits per heavy atom. The minimum atomic E-state index is -0.480. The fourth-order valence-corrected chi connectivity index (χ4v) is 1.95. The maximum absolute atomic E-state index is 12.0. The molecule has 1 N–H and O–H groups in total. The molecular formula is C15H10ClN3O2. The molecule has 0 spiro atoms. The Morgan fingerprint density at radius 1 is 1.05 bits per heavy atom. The van der Waals surface area contributed by atoms with E-state index in [9.17, 15) is 4.79 Å². The molecule has 0 aliphatic carbocycles. The standard InChI is InChI=1S/C15H10ClN3O2/c16-11-7-4-8-12(9-11)17-13(20)15-19-18-14(21-15)10-5-2-1-3-6-10/h1-9H,(H,17,20). The molecule has 1 amide bonds. The molecule has 0 fully saturated rings. The fourth-order valence-electron chi connectivity index (χ4n) is 1.76. The van der Waals surface area contributed by atoms with Crippen molar-refractivity contribution in [1.82, 2.24) is 10.2 Å². The molecule has 1 aromatic heterocycles. The lowest BCUT2D eigenvalue weighted by Crippen LogP contribution is -2.12. The van der Waals surface area contributed by atoms with Crippen molar-refractivity contribution in [1.29, 1.82) is 0 Å². The molecule has 0 saturated heterocycles. The minimum Gasteiger partial charge on any atom is -0.412 e. The summed E-state index contributed by atoms with van der Waals surface area (Å²) in [7, 11) is 0. The van der Waals surface area contributed by atoms with Crippen LogP contribution < -0.4 is 5.32 Å². The summed E-state index contributed by atoms with van der Waals surface area (Å²) in [6, 6.07) is 16.0. The van der Waals surface area contributed by atoms with E-state index in [2.05, 4.69) is 15.5 Å². The van der Waals surface area contributed by atoms with Crippen LogP contribution in [0.5, 0.6) is 0 Å². The van der Waals surface area contributed by atoms with E-state index in [1.165, 1.54) is 0 Å². The van der Waals surface area contributed by atoms with Crippen molar-refractivity contribution in [3.63, 3.8) is 0 Å². The first kappa shape index (κ1) is 13.3. The lowest BCUT2D eigenvalue weighted by atomic mass is 10.2. The van der Waals surface area contributed by atoms with E-state index in [0.29, 0.717) is 16.6 Å². The predicted octanol–water partition coefficient (Wildman–Crippen LogP) is 3.64. The van der Waals surface area contributed by atoms with E-state index >= 15 is 0 Å². The number of halogens is 1. The van der Waals surface area contributed by atoms with Crippen LogP contribution in [-0.2, 0) is 0 Å². The summed E-state index contributed by atoms with van der Waals surface area (Å²) in [5, 5.41) is 10.8. The van der Waals surface area contributed by atoms with Gasteiger partial charge in [-0.3, -0.25) is 4.79 Å². The summed E-state index contributed by atoms with van der Waals surface area (Å²) in [5.74, 6) is -0.285. The van der Waals surface area contributed by atoms with Crippen LogP contribution in [0.4, 0.5) is 5.69 Å². The van der Waals surface area contributed by atoms with Crippen LogP contribution in [-0.4, -0.2) is 16.1 Å². The third kappa shape index (κ3) is 3.09. The van der Waals surface area contributed by atoms with Crippen LogP contribution in [0.15, 0.2) is 59.0 Å². The van der Waals surface area contributed by atoms with Crippen LogP contribution >= 0.6 is 11.6 Å². The van der Waals surface area contributed by atoms with Gasteiger partial charge in [-0.25, -0.2) is 0 Å². The number of amides is 1. The summed E-state index contributed by atoms with van der Waals surface area (Å²) in [6.45, 7) is 0. The van der Waals surface area contributed by atoms with Gasteiger partial charge in [0, 0.05) is 16.3 Å². The zero-order valence-corrected chi connectivity index (χ0v) is 11.5. The van der Waals surface area contributed by atoms with Crippen LogP contribution in [0.3, 0.4) is 0 Å². The van der Waals surface area contributed by atoms with Crippen molar-refractivity contribution in [2.45, 2.75) is 0 Å². The van der Waals surface area contributed by atoms with E-state index in [0.717, 1.165) is 5.56 Å². The number of hydrogen-bond donors (Lipinski definition) is 1. The molecule has 0 bridgehead atoms. The lowest BCUT2D eigenvalue weighted by Gasteiger charge is -2.01. The number of anilines is 1. The number of carbonyl (C=O) groups excluding carboxylic acids is 1.